The highest BCUT2D eigenvalue weighted by Crippen LogP contribution is 2.17. The predicted molar refractivity (Wildman–Crippen MR) is 76.3 cm³/mol. The number of aliphatic hydroxyl groups excluding tert-OH is 1. The minimum absolute atomic E-state index is 0.238. The number of rotatable bonds is 6. The van der Waals surface area contributed by atoms with Gasteiger partial charge in [-0.2, -0.15) is 0 Å². The molecule has 1 atom stereocenters. The van der Waals surface area contributed by atoms with Crippen LogP contribution in [0.5, 0.6) is 0 Å². The van der Waals surface area contributed by atoms with Crippen LogP contribution >= 0.6 is 0 Å². The quantitative estimate of drug-likeness (QED) is 0.711. The van der Waals surface area contributed by atoms with Gasteiger partial charge >= 0.3 is 6.03 Å². The van der Waals surface area contributed by atoms with Crippen molar-refractivity contribution in [2.45, 2.75) is 46.8 Å². The highest BCUT2D eigenvalue weighted by molar-refractivity contribution is 5.73. The van der Waals surface area contributed by atoms with E-state index in [2.05, 4.69) is 20.8 Å². The monoisotopic (exact) mass is 283 g/mol. The summed E-state index contributed by atoms with van der Waals surface area (Å²) < 4.78 is 1.91. The lowest BCUT2D eigenvalue weighted by Crippen LogP contribution is -2.44. The zero-order chi connectivity index (χ0) is 15.2. The molecule has 0 aliphatic carbocycles. The Morgan fingerprint density at radius 2 is 2.15 bits per heavy atom. The summed E-state index contributed by atoms with van der Waals surface area (Å²) in [4.78, 5) is 11.6. The maximum absolute atomic E-state index is 11.6. The minimum atomic E-state index is -0.571. The molecule has 1 heterocycles. The highest BCUT2D eigenvalue weighted by Gasteiger charge is 2.22. The van der Waals surface area contributed by atoms with Crippen molar-refractivity contribution in [1.29, 1.82) is 0 Å². The average molecular weight is 283 g/mol. The summed E-state index contributed by atoms with van der Waals surface area (Å²) in [6, 6.07) is -0.278. The third-order valence-corrected chi connectivity index (χ3v) is 3.11. The Morgan fingerprint density at radius 1 is 1.45 bits per heavy atom. The first-order chi connectivity index (χ1) is 9.34. The van der Waals surface area contributed by atoms with Crippen LogP contribution in [0.4, 0.5) is 4.79 Å². The fraction of sp³-hybridized carbons (Fsp3) is 0.769. The van der Waals surface area contributed by atoms with Crippen LogP contribution in [0.25, 0.3) is 0 Å². The number of nitrogens with zero attached hydrogens (tertiary/aromatic N) is 3. The first-order valence-corrected chi connectivity index (χ1v) is 6.91. The maximum Gasteiger partial charge on any atom is 0.314 e. The van der Waals surface area contributed by atoms with E-state index in [-0.39, 0.29) is 18.0 Å². The van der Waals surface area contributed by atoms with Crippen LogP contribution in [-0.4, -0.2) is 45.1 Å². The van der Waals surface area contributed by atoms with E-state index in [0.29, 0.717) is 13.1 Å². The van der Waals surface area contributed by atoms with Gasteiger partial charge in [0.1, 0.15) is 12.2 Å². The standard InChI is InChI=1S/C13H25N5O2/c1-5-11-17-16-9-18(11)7-6-14-12(20)15-8-10(19)13(2,3)4/h9-10,19H,5-8H2,1-4H3,(H2,14,15,20). The molecule has 0 spiro atoms. The molecule has 7 nitrogen and oxygen atoms in total. The predicted octanol–water partition coefficient (Wildman–Crippen LogP) is 0.547. The van der Waals surface area contributed by atoms with Crippen LogP contribution in [0, 0.1) is 5.41 Å². The summed E-state index contributed by atoms with van der Waals surface area (Å²) in [6.45, 7) is 9.14. The van der Waals surface area contributed by atoms with E-state index >= 15 is 0 Å². The molecular formula is C13H25N5O2. The summed E-state index contributed by atoms with van der Waals surface area (Å²) in [5.74, 6) is 0.898. The average Bonchev–Trinajstić information content (AvgIpc) is 2.82. The van der Waals surface area contributed by atoms with E-state index in [1.54, 1.807) is 6.33 Å². The molecule has 1 rings (SSSR count). The molecule has 0 bridgehead atoms. The molecule has 0 saturated heterocycles. The van der Waals surface area contributed by atoms with Gasteiger partial charge in [0, 0.05) is 26.1 Å². The maximum atomic E-state index is 11.6. The molecule has 0 fully saturated rings. The molecule has 1 aromatic rings. The van der Waals surface area contributed by atoms with Gasteiger partial charge in [-0.3, -0.25) is 0 Å². The lowest BCUT2D eigenvalue weighted by Gasteiger charge is -2.25. The molecule has 0 saturated carbocycles. The Balaban J connectivity index is 2.24. The number of amides is 2. The molecule has 7 heteroatoms. The van der Waals surface area contributed by atoms with Gasteiger partial charge < -0.3 is 20.3 Å². The van der Waals surface area contributed by atoms with Crippen molar-refractivity contribution in [2.24, 2.45) is 5.41 Å². The van der Waals surface area contributed by atoms with Crippen molar-refractivity contribution in [3.05, 3.63) is 12.2 Å². The third kappa shape index (κ3) is 5.16. The number of hydrogen-bond donors (Lipinski definition) is 3. The summed E-state index contributed by atoms with van der Waals surface area (Å²) in [7, 11) is 0. The molecule has 1 aromatic heterocycles. The first kappa shape index (κ1) is 16.4. The van der Waals surface area contributed by atoms with Crippen molar-refractivity contribution < 1.29 is 9.90 Å². The summed E-state index contributed by atoms with van der Waals surface area (Å²) in [5.41, 5.74) is -0.244. The molecule has 114 valence electrons. The fourth-order valence-electron chi connectivity index (χ4n) is 1.59. The van der Waals surface area contributed by atoms with E-state index in [1.807, 2.05) is 32.3 Å². The van der Waals surface area contributed by atoms with Crippen LogP contribution in [0.2, 0.25) is 0 Å². The van der Waals surface area contributed by atoms with E-state index in [1.165, 1.54) is 0 Å². The van der Waals surface area contributed by atoms with Crippen molar-refractivity contribution in [1.82, 2.24) is 25.4 Å². The number of aliphatic hydroxyl groups is 1. The molecule has 0 aromatic carbocycles. The van der Waals surface area contributed by atoms with E-state index in [9.17, 15) is 9.90 Å². The highest BCUT2D eigenvalue weighted by atomic mass is 16.3. The van der Waals surface area contributed by atoms with Gasteiger partial charge in [-0.25, -0.2) is 4.79 Å². The Kier molecular flexibility index (Phi) is 5.94. The molecule has 20 heavy (non-hydrogen) atoms. The van der Waals surface area contributed by atoms with Crippen molar-refractivity contribution in [3.8, 4) is 0 Å². The third-order valence-electron chi connectivity index (χ3n) is 3.11. The molecule has 0 aliphatic rings. The zero-order valence-electron chi connectivity index (χ0n) is 12.7. The molecule has 0 radical (unpaired) electrons. The van der Waals surface area contributed by atoms with Crippen molar-refractivity contribution in [3.63, 3.8) is 0 Å². The van der Waals surface area contributed by atoms with Crippen LogP contribution in [0.1, 0.15) is 33.5 Å². The molecule has 1 unspecified atom stereocenters. The minimum Gasteiger partial charge on any atom is -0.391 e. The van der Waals surface area contributed by atoms with E-state index in [4.69, 9.17) is 0 Å². The van der Waals surface area contributed by atoms with Crippen molar-refractivity contribution >= 4 is 6.03 Å². The molecule has 2 amide bonds. The van der Waals surface area contributed by atoms with Gasteiger partial charge in [-0.05, 0) is 5.41 Å². The second kappa shape index (κ2) is 7.23. The second-order valence-corrected chi connectivity index (χ2v) is 5.81. The lowest BCUT2D eigenvalue weighted by molar-refractivity contribution is 0.0650. The van der Waals surface area contributed by atoms with Crippen LogP contribution in [0.3, 0.4) is 0 Å². The normalized spacial score (nSPS) is 13.1. The summed E-state index contributed by atoms with van der Waals surface area (Å²) in [5, 5.41) is 23.0. The number of urea groups is 1. The number of hydrogen-bond acceptors (Lipinski definition) is 4. The van der Waals surface area contributed by atoms with Gasteiger partial charge in [-0.1, -0.05) is 27.7 Å². The zero-order valence-corrected chi connectivity index (χ0v) is 12.7. The van der Waals surface area contributed by atoms with Crippen LogP contribution < -0.4 is 10.6 Å². The Hall–Kier alpha value is -1.63. The van der Waals surface area contributed by atoms with Gasteiger partial charge in [0.15, 0.2) is 0 Å². The van der Waals surface area contributed by atoms with Crippen molar-refractivity contribution in [2.75, 3.05) is 13.1 Å². The molecular weight excluding hydrogens is 258 g/mol. The number of aromatic nitrogens is 3. The van der Waals surface area contributed by atoms with E-state index < -0.39 is 6.10 Å². The lowest BCUT2D eigenvalue weighted by atomic mass is 9.89. The second-order valence-electron chi connectivity index (χ2n) is 5.81. The molecule has 0 aliphatic heterocycles. The number of aryl methyl sites for hydroxylation is 1. The van der Waals surface area contributed by atoms with Gasteiger partial charge in [0.2, 0.25) is 0 Å². The fourth-order valence-corrected chi connectivity index (χ4v) is 1.59. The van der Waals surface area contributed by atoms with E-state index in [0.717, 1.165) is 12.2 Å². The Morgan fingerprint density at radius 3 is 2.75 bits per heavy atom. The van der Waals surface area contributed by atoms with Gasteiger partial charge in [0.05, 0.1) is 6.10 Å². The van der Waals surface area contributed by atoms with Crippen LogP contribution in [-0.2, 0) is 13.0 Å². The Bertz CT molecular complexity index is 425. The largest absolute Gasteiger partial charge is 0.391 e. The van der Waals surface area contributed by atoms with Gasteiger partial charge in [-0.15, -0.1) is 10.2 Å². The SMILES string of the molecule is CCc1nncn1CCNC(=O)NCC(O)C(C)(C)C. The summed E-state index contributed by atoms with van der Waals surface area (Å²) >= 11 is 0. The number of nitrogens with one attached hydrogen (secondary N) is 2. The number of carbonyl (C=O) groups excluding carboxylic acids is 1. The number of carbonyl (C=O) groups is 1. The summed E-state index contributed by atoms with van der Waals surface area (Å²) in [6.07, 6.45) is 1.89. The van der Waals surface area contributed by atoms with Crippen LogP contribution in [0.15, 0.2) is 6.33 Å². The van der Waals surface area contributed by atoms with Gasteiger partial charge in [0.25, 0.3) is 0 Å². The Labute approximate surface area is 119 Å². The topological polar surface area (TPSA) is 92.1 Å². The first-order valence-electron chi connectivity index (χ1n) is 6.91. The molecule has 3 N–H and O–H groups in total. The smallest absolute Gasteiger partial charge is 0.314 e.